The van der Waals surface area contributed by atoms with Crippen molar-refractivity contribution < 1.29 is 14.7 Å². The lowest BCUT2D eigenvalue weighted by Gasteiger charge is -2.32. The molecule has 1 amide bonds. The number of carbonyl (C=O) groups excluding carboxylic acids is 1. The molecule has 2 heterocycles. The van der Waals surface area contributed by atoms with Gasteiger partial charge in [-0.25, -0.2) is 0 Å². The van der Waals surface area contributed by atoms with Crippen LogP contribution in [0, 0.1) is 11.8 Å². The molecule has 4 nitrogen and oxygen atoms in total. The summed E-state index contributed by atoms with van der Waals surface area (Å²) in [5.41, 5.74) is 1.18. The highest BCUT2D eigenvalue weighted by atomic mass is 32.1. The number of hydrogen-bond donors (Lipinski definition) is 1. The molecule has 1 fully saturated rings. The Labute approximate surface area is 128 Å². The van der Waals surface area contributed by atoms with E-state index in [1.54, 1.807) is 11.3 Å². The molecule has 0 saturated carbocycles. The van der Waals surface area contributed by atoms with E-state index < -0.39 is 17.8 Å². The van der Waals surface area contributed by atoms with Gasteiger partial charge in [-0.3, -0.25) is 9.59 Å². The van der Waals surface area contributed by atoms with Crippen LogP contribution in [0.1, 0.15) is 37.3 Å². The van der Waals surface area contributed by atoms with Gasteiger partial charge in [-0.1, -0.05) is 12.2 Å². The zero-order valence-corrected chi connectivity index (χ0v) is 12.6. The molecule has 5 heteroatoms. The molecular formula is C16H19NO3S. The Morgan fingerprint density at radius 2 is 2.00 bits per heavy atom. The highest BCUT2D eigenvalue weighted by Gasteiger charge is 2.40. The van der Waals surface area contributed by atoms with Crippen LogP contribution in [0.15, 0.2) is 29.0 Å². The van der Waals surface area contributed by atoms with Crippen LogP contribution < -0.4 is 0 Å². The molecule has 1 aromatic rings. The molecule has 1 aliphatic carbocycles. The number of nitrogens with zero attached hydrogens (tertiary/aromatic N) is 1. The van der Waals surface area contributed by atoms with E-state index in [1.807, 2.05) is 22.4 Å². The Morgan fingerprint density at radius 3 is 2.67 bits per heavy atom. The number of carboxylic acid groups (broad SMARTS) is 1. The van der Waals surface area contributed by atoms with Crippen molar-refractivity contribution in [3.8, 4) is 0 Å². The third-order valence-electron chi connectivity index (χ3n) is 4.53. The first-order chi connectivity index (χ1) is 10.2. The minimum atomic E-state index is -0.857. The van der Waals surface area contributed by atoms with E-state index in [2.05, 4.69) is 11.4 Å². The van der Waals surface area contributed by atoms with E-state index >= 15 is 0 Å². The molecule has 1 aliphatic heterocycles. The lowest BCUT2D eigenvalue weighted by Crippen LogP contribution is -2.41. The van der Waals surface area contributed by atoms with Gasteiger partial charge in [0.05, 0.1) is 17.9 Å². The maximum absolute atomic E-state index is 12.9. The average Bonchev–Trinajstić information content (AvgIpc) is 3.16. The van der Waals surface area contributed by atoms with Crippen molar-refractivity contribution in [2.75, 3.05) is 6.54 Å². The second-order valence-electron chi connectivity index (χ2n) is 5.74. The van der Waals surface area contributed by atoms with E-state index in [0.717, 1.165) is 19.4 Å². The lowest BCUT2D eigenvalue weighted by molar-refractivity contribution is -0.151. The summed E-state index contributed by atoms with van der Waals surface area (Å²) in [6, 6.07) is 2.19. The van der Waals surface area contributed by atoms with Gasteiger partial charge in [-0.2, -0.15) is 11.3 Å². The molecule has 0 radical (unpaired) electrons. The first-order valence-corrected chi connectivity index (χ1v) is 8.33. The van der Waals surface area contributed by atoms with Crippen molar-refractivity contribution in [1.82, 2.24) is 4.90 Å². The van der Waals surface area contributed by atoms with Crippen LogP contribution in [0.4, 0.5) is 0 Å². The number of hydrogen-bond acceptors (Lipinski definition) is 3. The molecule has 112 valence electrons. The molecule has 1 N–H and O–H groups in total. The average molecular weight is 305 g/mol. The Morgan fingerprint density at radius 1 is 1.24 bits per heavy atom. The quantitative estimate of drug-likeness (QED) is 0.873. The normalized spacial score (nSPS) is 28.8. The third-order valence-corrected chi connectivity index (χ3v) is 5.23. The van der Waals surface area contributed by atoms with Crippen molar-refractivity contribution in [2.45, 2.75) is 31.7 Å². The van der Waals surface area contributed by atoms with E-state index in [9.17, 15) is 14.7 Å². The topological polar surface area (TPSA) is 57.6 Å². The van der Waals surface area contributed by atoms with Crippen molar-refractivity contribution in [2.24, 2.45) is 11.8 Å². The van der Waals surface area contributed by atoms with Crippen LogP contribution in [-0.4, -0.2) is 28.4 Å². The number of rotatable bonds is 3. The minimum absolute atomic E-state index is 0.0143. The highest BCUT2D eigenvalue weighted by molar-refractivity contribution is 7.07. The summed E-state index contributed by atoms with van der Waals surface area (Å²) in [6.45, 7) is 0.742. The van der Waals surface area contributed by atoms with E-state index in [0.29, 0.717) is 12.8 Å². The number of carboxylic acids is 1. The van der Waals surface area contributed by atoms with Crippen molar-refractivity contribution in [3.05, 3.63) is 34.5 Å². The zero-order valence-electron chi connectivity index (χ0n) is 11.8. The second-order valence-corrected chi connectivity index (χ2v) is 6.52. The molecule has 1 aromatic heterocycles. The lowest BCUT2D eigenvalue weighted by atomic mass is 9.82. The molecular weight excluding hydrogens is 286 g/mol. The Bertz CT molecular complexity index is 552. The molecule has 0 spiro atoms. The molecule has 21 heavy (non-hydrogen) atoms. The van der Waals surface area contributed by atoms with Crippen LogP contribution in [0.5, 0.6) is 0 Å². The minimum Gasteiger partial charge on any atom is -0.481 e. The molecule has 3 rings (SSSR count). The number of likely N-dealkylation sites (tertiary alicyclic amines) is 1. The fraction of sp³-hybridized carbons (Fsp3) is 0.500. The van der Waals surface area contributed by atoms with Gasteiger partial charge in [-0.05, 0) is 48.1 Å². The summed E-state index contributed by atoms with van der Waals surface area (Å²) in [7, 11) is 0. The van der Waals surface area contributed by atoms with Gasteiger partial charge in [0, 0.05) is 6.54 Å². The van der Waals surface area contributed by atoms with E-state index in [4.69, 9.17) is 0 Å². The second kappa shape index (κ2) is 6.02. The van der Waals surface area contributed by atoms with Gasteiger partial charge < -0.3 is 10.0 Å². The van der Waals surface area contributed by atoms with Gasteiger partial charge in [0.25, 0.3) is 0 Å². The first kappa shape index (κ1) is 14.3. The summed E-state index contributed by atoms with van der Waals surface area (Å²) in [4.78, 5) is 26.1. The maximum Gasteiger partial charge on any atom is 0.307 e. The van der Waals surface area contributed by atoms with Crippen molar-refractivity contribution in [1.29, 1.82) is 0 Å². The van der Waals surface area contributed by atoms with Crippen LogP contribution in [-0.2, 0) is 9.59 Å². The Balaban J connectivity index is 1.80. The number of allylic oxidation sites excluding steroid dienone is 2. The molecule has 3 atom stereocenters. The first-order valence-electron chi connectivity index (χ1n) is 7.39. The Hall–Kier alpha value is -1.62. The van der Waals surface area contributed by atoms with Crippen LogP contribution >= 0.6 is 11.3 Å². The number of aliphatic carboxylic acids is 1. The summed E-state index contributed by atoms with van der Waals surface area (Å²) >= 11 is 1.64. The number of thiophene rings is 1. The summed E-state index contributed by atoms with van der Waals surface area (Å²) < 4.78 is 0. The molecule has 0 bridgehead atoms. The van der Waals surface area contributed by atoms with Crippen LogP contribution in [0.25, 0.3) is 0 Å². The summed E-state index contributed by atoms with van der Waals surface area (Å²) in [6.07, 6.45) is 6.79. The van der Waals surface area contributed by atoms with Gasteiger partial charge in [0.15, 0.2) is 0 Å². The van der Waals surface area contributed by atoms with Gasteiger partial charge in [-0.15, -0.1) is 0 Å². The summed E-state index contributed by atoms with van der Waals surface area (Å²) in [5.74, 6) is -1.83. The molecule has 3 unspecified atom stereocenters. The molecule has 2 aliphatic rings. The number of amides is 1. The zero-order chi connectivity index (χ0) is 14.8. The van der Waals surface area contributed by atoms with Gasteiger partial charge in [0.1, 0.15) is 0 Å². The standard InChI is InChI=1S/C16H19NO3S/c18-15(12-4-1-2-5-13(12)16(19)20)17-8-3-6-14(17)11-7-9-21-10-11/h1-2,7,9-10,12-14H,3-6,8H2,(H,19,20). The third kappa shape index (κ3) is 2.75. The fourth-order valence-corrected chi connectivity index (χ4v) is 4.12. The van der Waals surface area contributed by atoms with Crippen molar-refractivity contribution in [3.63, 3.8) is 0 Å². The number of carbonyl (C=O) groups is 2. The van der Waals surface area contributed by atoms with Crippen LogP contribution in [0.3, 0.4) is 0 Å². The van der Waals surface area contributed by atoms with E-state index in [1.165, 1.54) is 5.56 Å². The van der Waals surface area contributed by atoms with Gasteiger partial charge >= 0.3 is 5.97 Å². The fourth-order valence-electron chi connectivity index (χ4n) is 3.41. The van der Waals surface area contributed by atoms with Gasteiger partial charge in [0.2, 0.25) is 5.91 Å². The smallest absolute Gasteiger partial charge is 0.307 e. The molecule has 1 saturated heterocycles. The Kier molecular flexibility index (Phi) is 4.10. The predicted molar refractivity (Wildman–Crippen MR) is 81.0 cm³/mol. The van der Waals surface area contributed by atoms with Crippen molar-refractivity contribution >= 4 is 23.2 Å². The largest absolute Gasteiger partial charge is 0.481 e. The SMILES string of the molecule is O=C(O)C1CC=CCC1C(=O)N1CCCC1c1ccsc1. The molecule has 0 aromatic carbocycles. The predicted octanol–water partition coefficient (Wildman–Crippen LogP) is 3.08. The highest BCUT2D eigenvalue weighted by Crippen LogP contribution is 2.37. The summed E-state index contributed by atoms with van der Waals surface area (Å²) in [5, 5.41) is 13.5. The van der Waals surface area contributed by atoms with E-state index in [-0.39, 0.29) is 11.9 Å². The van der Waals surface area contributed by atoms with Crippen LogP contribution in [0.2, 0.25) is 0 Å². The monoisotopic (exact) mass is 305 g/mol. The maximum atomic E-state index is 12.9.